The highest BCUT2D eigenvalue weighted by Gasteiger charge is 2.13. The second-order valence-electron chi connectivity index (χ2n) is 4.68. The number of nitrogens with zero attached hydrogens (tertiary/aromatic N) is 3. The second kappa shape index (κ2) is 6.20. The molecule has 0 aliphatic heterocycles. The van der Waals surface area contributed by atoms with E-state index < -0.39 is 0 Å². The van der Waals surface area contributed by atoms with E-state index in [4.69, 9.17) is 12.2 Å². The molecule has 0 saturated heterocycles. The number of amides is 1. The molecule has 8 heteroatoms. The largest absolute Gasteiger partial charge is 0.309 e. The Balaban J connectivity index is 1.78. The molecule has 112 valence electrons. The highest BCUT2D eigenvalue weighted by molar-refractivity contribution is 7.71. The number of aromatic amines is 1. The Bertz CT molecular complexity index is 833. The average Bonchev–Trinajstić information content (AvgIpc) is 3.12. The Labute approximate surface area is 135 Å². The van der Waals surface area contributed by atoms with Crippen molar-refractivity contribution < 1.29 is 4.79 Å². The van der Waals surface area contributed by atoms with Gasteiger partial charge in [-0.05, 0) is 42.2 Å². The number of carbonyl (C=O) groups excluding carboxylic acids is 1. The molecular weight excluding hydrogens is 318 g/mol. The molecule has 3 heterocycles. The van der Waals surface area contributed by atoms with Crippen LogP contribution in [0.4, 0.5) is 5.82 Å². The number of nitrogens with one attached hydrogen (secondary N) is 2. The Morgan fingerprint density at radius 1 is 1.45 bits per heavy atom. The third kappa shape index (κ3) is 3.12. The number of rotatable bonds is 4. The van der Waals surface area contributed by atoms with Crippen molar-refractivity contribution in [1.82, 2.24) is 19.7 Å². The molecule has 2 N–H and O–H groups in total. The zero-order valence-corrected chi connectivity index (χ0v) is 13.4. The van der Waals surface area contributed by atoms with Crippen molar-refractivity contribution in [1.29, 1.82) is 0 Å². The summed E-state index contributed by atoms with van der Waals surface area (Å²) in [4.78, 5) is 17.3. The summed E-state index contributed by atoms with van der Waals surface area (Å²) in [5.74, 6) is 0.974. The lowest BCUT2D eigenvalue weighted by Gasteiger charge is -2.07. The zero-order valence-electron chi connectivity index (χ0n) is 11.7. The Hall–Kier alpha value is -2.32. The first-order valence-corrected chi connectivity index (χ1v) is 7.84. The summed E-state index contributed by atoms with van der Waals surface area (Å²) in [6, 6.07) is 7.52. The van der Waals surface area contributed by atoms with Crippen molar-refractivity contribution >= 4 is 35.3 Å². The minimum absolute atomic E-state index is 0.0815. The Kier molecular flexibility index (Phi) is 4.12. The second-order valence-corrected chi connectivity index (χ2v) is 6.02. The number of carbonyl (C=O) groups is 1. The van der Waals surface area contributed by atoms with Crippen molar-refractivity contribution in [3.8, 4) is 10.7 Å². The van der Waals surface area contributed by atoms with Crippen LogP contribution in [0.2, 0.25) is 0 Å². The van der Waals surface area contributed by atoms with Gasteiger partial charge in [0.1, 0.15) is 12.4 Å². The molecule has 22 heavy (non-hydrogen) atoms. The lowest BCUT2D eigenvalue weighted by molar-refractivity contribution is -0.116. The van der Waals surface area contributed by atoms with Crippen LogP contribution in [0, 0.1) is 11.7 Å². The number of H-pyrrole nitrogens is 1. The van der Waals surface area contributed by atoms with Gasteiger partial charge in [-0.1, -0.05) is 12.1 Å². The summed E-state index contributed by atoms with van der Waals surface area (Å²) in [5, 5.41) is 11.6. The number of aryl methyl sites for hydroxylation is 1. The molecule has 3 aromatic rings. The minimum atomic E-state index is -0.202. The highest BCUT2D eigenvalue weighted by Crippen LogP contribution is 2.22. The van der Waals surface area contributed by atoms with Crippen LogP contribution in [0.15, 0.2) is 35.8 Å². The third-order valence-electron chi connectivity index (χ3n) is 2.98. The summed E-state index contributed by atoms with van der Waals surface area (Å²) < 4.78 is 2.08. The third-order valence-corrected chi connectivity index (χ3v) is 4.16. The number of aromatic nitrogens is 4. The Morgan fingerprint density at radius 3 is 3.00 bits per heavy atom. The lowest BCUT2D eigenvalue weighted by atomic mass is 10.3. The summed E-state index contributed by atoms with van der Waals surface area (Å²) in [5.41, 5.74) is 1.04. The maximum absolute atomic E-state index is 12.2. The molecule has 3 rings (SSSR count). The van der Waals surface area contributed by atoms with Crippen molar-refractivity contribution in [3.05, 3.63) is 46.2 Å². The van der Waals surface area contributed by atoms with Crippen molar-refractivity contribution in [2.24, 2.45) is 0 Å². The fourth-order valence-electron chi connectivity index (χ4n) is 1.93. The topological polar surface area (TPSA) is 75.6 Å². The molecule has 0 bridgehead atoms. The van der Waals surface area contributed by atoms with Gasteiger partial charge in [-0.15, -0.1) is 11.3 Å². The molecule has 0 atom stereocenters. The van der Waals surface area contributed by atoms with Gasteiger partial charge in [-0.2, -0.15) is 5.10 Å². The van der Waals surface area contributed by atoms with Gasteiger partial charge in [0.05, 0.1) is 4.88 Å². The van der Waals surface area contributed by atoms with Crippen LogP contribution in [0.1, 0.15) is 5.56 Å². The SMILES string of the molecule is Cc1ccc(NC(=O)Cn2c(-c3cccs3)n[nH]c2=S)nc1. The van der Waals surface area contributed by atoms with Crippen molar-refractivity contribution in [3.63, 3.8) is 0 Å². The molecule has 3 aromatic heterocycles. The molecule has 0 fully saturated rings. The van der Waals surface area contributed by atoms with E-state index >= 15 is 0 Å². The summed E-state index contributed by atoms with van der Waals surface area (Å²) in [7, 11) is 0. The van der Waals surface area contributed by atoms with Gasteiger partial charge in [0.15, 0.2) is 10.6 Å². The first-order valence-electron chi connectivity index (χ1n) is 6.55. The number of hydrogen-bond donors (Lipinski definition) is 2. The lowest BCUT2D eigenvalue weighted by Crippen LogP contribution is -2.20. The smallest absolute Gasteiger partial charge is 0.245 e. The van der Waals surface area contributed by atoms with Crippen LogP contribution in [0.25, 0.3) is 10.7 Å². The van der Waals surface area contributed by atoms with Crippen LogP contribution in [-0.4, -0.2) is 25.7 Å². The van der Waals surface area contributed by atoms with Gasteiger partial charge in [-0.25, -0.2) is 4.98 Å². The summed E-state index contributed by atoms with van der Waals surface area (Å²) >= 11 is 6.74. The van der Waals surface area contributed by atoms with Crippen LogP contribution < -0.4 is 5.32 Å². The standard InChI is InChI=1S/C14H13N5OS2/c1-9-4-5-11(15-7-9)16-12(20)8-19-13(17-18-14(19)21)10-3-2-6-22-10/h2-7H,8H2,1H3,(H,18,21)(H,15,16,20). The summed E-state index contributed by atoms with van der Waals surface area (Å²) in [6.07, 6.45) is 1.70. The molecule has 0 aliphatic rings. The molecule has 0 aromatic carbocycles. The maximum Gasteiger partial charge on any atom is 0.245 e. The van der Waals surface area contributed by atoms with Gasteiger partial charge in [-0.3, -0.25) is 14.5 Å². The van der Waals surface area contributed by atoms with E-state index in [0.717, 1.165) is 10.4 Å². The Morgan fingerprint density at radius 2 is 2.32 bits per heavy atom. The molecule has 0 radical (unpaired) electrons. The highest BCUT2D eigenvalue weighted by atomic mass is 32.1. The van der Waals surface area contributed by atoms with Crippen molar-refractivity contribution in [2.75, 3.05) is 5.32 Å². The van der Waals surface area contributed by atoms with Gasteiger partial charge in [0, 0.05) is 6.20 Å². The van der Waals surface area contributed by atoms with Crippen LogP contribution in [-0.2, 0) is 11.3 Å². The van der Waals surface area contributed by atoms with Crippen molar-refractivity contribution in [2.45, 2.75) is 13.5 Å². The van der Waals surface area contributed by atoms with Gasteiger partial charge in [0.25, 0.3) is 0 Å². The molecule has 1 amide bonds. The summed E-state index contributed by atoms with van der Waals surface area (Å²) in [6.45, 7) is 2.02. The van der Waals surface area contributed by atoms with E-state index in [2.05, 4.69) is 20.5 Å². The first-order chi connectivity index (χ1) is 10.6. The van der Waals surface area contributed by atoms with Gasteiger partial charge in [0.2, 0.25) is 5.91 Å². The zero-order chi connectivity index (χ0) is 15.5. The monoisotopic (exact) mass is 331 g/mol. The minimum Gasteiger partial charge on any atom is -0.309 e. The van der Waals surface area contributed by atoms with Gasteiger partial charge < -0.3 is 5.32 Å². The number of hydrogen-bond acceptors (Lipinski definition) is 5. The van der Waals surface area contributed by atoms with Crippen LogP contribution >= 0.6 is 23.6 Å². The molecule has 6 nitrogen and oxygen atoms in total. The van der Waals surface area contributed by atoms with E-state index in [-0.39, 0.29) is 12.5 Å². The molecule has 0 unspecified atom stereocenters. The quantitative estimate of drug-likeness (QED) is 0.721. The molecule has 0 saturated carbocycles. The molecular formula is C14H13N5OS2. The predicted molar refractivity (Wildman–Crippen MR) is 88.3 cm³/mol. The number of thiophene rings is 1. The average molecular weight is 331 g/mol. The van der Waals surface area contributed by atoms with Crippen LogP contribution in [0.3, 0.4) is 0 Å². The van der Waals surface area contributed by atoms with E-state index in [1.165, 1.54) is 0 Å². The maximum atomic E-state index is 12.2. The van der Waals surface area contributed by atoms with E-state index in [1.807, 2.05) is 30.5 Å². The van der Waals surface area contributed by atoms with E-state index in [1.54, 1.807) is 28.2 Å². The van der Waals surface area contributed by atoms with Gasteiger partial charge >= 0.3 is 0 Å². The fraction of sp³-hybridized carbons (Fsp3) is 0.143. The fourth-order valence-corrected chi connectivity index (χ4v) is 2.84. The van der Waals surface area contributed by atoms with E-state index in [0.29, 0.717) is 16.4 Å². The van der Waals surface area contributed by atoms with E-state index in [9.17, 15) is 4.79 Å². The molecule has 0 aliphatic carbocycles. The number of anilines is 1. The first kappa shape index (κ1) is 14.6. The normalized spacial score (nSPS) is 10.6. The molecule has 0 spiro atoms. The number of pyridine rings is 1. The van der Waals surface area contributed by atoms with Crippen LogP contribution in [0.5, 0.6) is 0 Å². The predicted octanol–water partition coefficient (Wildman–Crippen LogP) is 3.01.